The van der Waals surface area contributed by atoms with Crippen LogP contribution in [0.15, 0.2) is 78.6 Å². The highest BCUT2D eigenvalue weighted by Crippen LogP contribution is 2.40. The minimum absolute atomic E-state index is 0.296. The molecule has 2 atom stereocenters. The first-order chi connectivity index (χ1) is 19.8. The molecule has 41 heavy (non-hydrogen) atoms. The lowest BCUT2D eigenvalue weighted by Gasteiger charge is -2.30. The second kappa shape index (κ2) is 14.5. The number of thioether (sulfide) groups is 1. The first-order valence-electron chi connectivity index (χ1n) is 12.5. The van der Waals surface area contributed by atoms with Crippen LogP contribution in [0.4, 0.5) is 0 Å². The Morgan fingerprint density at radius 2 is 2.00 bits per heavy atom. The number of aromatic nitrogens is 4. The van der Waals surface area contributed by atoms with Crippen LogP contribution in [-0.2, 0) is 21.8 Å². The van der Waals surface area contributed by atoms with Crippen molar-refractivity contribution in [2.24, 2.45) is 0 Å². The summed E-state index contributed by atoms with van der Waals surface area (Å²) in [6, 6.07) is 15.1. The summed E-state index contributed by atoms with van der Waals surface area (Å²) >= 11 is 14.3. The van der Waals surface area contributed by atoms with Gasteiger partial charge in [-0.1, -0.05) is 48.0 Å². The van der Waals surface area contributed by atoms with Crippen LogP contribution in [0.1, 0.15) is 18.9 Å². The maximum atomic E-state index is 8.36. The van der Waals surface area contributed by atoms with E-state index in [1.165, 1.54) is 0 Å². The zero-order valence-corrected chi connectivity index (χ0v) is 24.3. The third kappa shape index (κ3) is 8.54. The van der Waals surface area contributed by atoms with Crippen molar-refractivity contribution in [1.29, 1.82) is 0 Å². The summed E-state index contributed by atoms with van der Waals surface area (Å²) in [5.41, 5.74) is 2.60. The molecule has 1 N–H and O–H groups in total. The number of hydrogen-bond donors (Lipinski definition) is 1. The van der Waals surface area contributed by atoms with E-state index < -0.39 is 10.9 Å². The fourth-order valence-corrected chi connectivity index (χ4v) is 5.29. The van der Waals surface area contributed by atoms with Gasteiger partial charge in [-0.3, -0.25) is 0 Å². The first-order valence-corrected chi connectivity index (χ1v) is 14.3. The minimum Gasteiger partial charge on any atom is -0.491 e. The molecule has 11 nitrogen and oxygen atoms in total. The predicted molar refractivity (Wildman–Crippen MR) is 154 cm³/mol. The highest BCUT2D eigenvalue weighted by atomic mass is 35.5. The lowest BCUT2D eigenvalue weighted by atomic mass is 10.1. The van der Waals surface area contributed by atoms with Crippen molar-refractivity contribution in [2.45, 2.75) is 36.9 Å². The van der Waals surface area contributed by atoms with Crippen molar-refractivity contribution in [2.75, 3.05) is 19.0 Å². The lowest BCUT2D eigenvalue weighted by molar-refractivity contribution is -0.742. The Morgan fingerprint density at radius 3 is 2.68 bits per heavy atom. The van der Waals surface area contributed by atoms with E-state index in [0.29, 0.717) is 35.4 Å². The normalized spacial score (nSPS) is 18.0. The van der Waals surface area contributed by atoms with Crippen LogP contribution in [0.3, 0.4) is 0 Å². The third-order valence-corrected chi connectivity index (χ3v) is 7.42. The van der Waals surface area contributed by atoms with E-state index in [1.807, 2.05) is 47.2 Å². The topological polar surface area (TPSA) is 135 Å². The van der Waals surface area contributed by atoms with Crippen molar-refractivity contribution >= 4 is 35.0 Å². The first kappa shape index (κ1) is 30.5. The SMILES string of the molecule is CCCSc1nccc(-c2ccc(OCC3COC(Cn4ccnc4)(c4ccc(Cl)cc4Cl)O3)cc2)n1.O=[N+]([O-])O. The standard InChI is InChI=1S/C27H26Cl2N4O3S.HNO3/c1-2-13-37-26-31-10-9-25(32-26)19-3-6-21(7-4-19)34-15-22-16-35-27(36-22,17-33-12-11-30-18-33)23-8-5-20(28)14-24(23)29;2-1(3)4/h3-12,14,18,22H,2,13,15-17H2,1H3;(H,2,3,4). The second-order valence-corrected chi connectivity index (χ2v) is 10.7. The molecule has 2 aromatic heterocycles. The third-order valence-electron chi connectivity index (χ3n) is 5.81. The van der Waals surface area contributed by atoms with Crippen LogP contribution < -0.4 is 4.74 Å². The quantitative estimate of drug-likeness (QED) is 0.0952. The number of nitrogens with zero attached hydrogens (tertiary/aromatic N) is 5. The van der Waals surface area contributed by atoms with Gasteiger partial charge in [0, 0.05) is 40.5 Å². The molecule has 4 aromatic rings. The van der Waals surface area contributed by atoms with Crippen molar-refractivity contribution in [1.82, 2.24) is 19.5 Å². The van der Waals surface area contributed by atoms with Crippen molar-refractivity contribution in [3.63, 3.8) is 0 Å². The maximum Gasteiger partial charge on any atom is 0.291 e. The summed E-state index contributed by atoms with van der Waals surface area (Å²) in [6.07, 6.45) is 7.86. The van der Waals surface area contributed by atoms with E-state index in [1.54, 1.807) is 42.6 Å². The van der Waals surface area contributed by atoms with Gasteiger partial charge >= 0.3 is 0 Å². The van der Waals surface area contributed by atoms with Crippen LogP contribution >= 0.6 is 35.0 Å². The Bertz CT molecular complexity index is 1430. The van der Waals surface area contributed by atoms with E-state index in [4.69, 9.17) is 52.7 Å². The Kier molecular flexibility index (Phi) is 10.8. The van der Waals surface area contributed by atoms with Gasteiger partial charge in [-0.25, -0.2) is 15.0 Å². The predicted octanol–water partition coefficient (Wildman–Crippen LogP) is 6.15. The zero-order chi connectivity index (χ0) is 29.2. The van der Waals surface area contributed by atoms with E-state index in [2.05, 4.69) is 21.9 Å². The molecule has 0 amide bonds. The van der Waals surface area contributed by atoms with Gasteiger partial charge in [0.25, 0.3) is 5.09 Å². The Morgan fingerprint density at radius 1 is 1.22 bits per heavy atom. The number of imidazole rings is 1. The monoisotopic (exact) mass is 619 g/mol. The number of halogens is 2. The summed E-state index contributed by atoms with van der Waals surface area (Å²) < 4.78 is 20.6. The summed E-state index contributed by atoms with van der Waals surface area (Å²) in [6.45, 7) is 3.20. The van der Waals surface area contributed by atoms with Crippen LogP contribution in [-0.4, -0.2) is 54.9 Å². The van der Waals surface area contributed by atoms with Gasteiger partial charge in [0.1, 0.15) is 18.5 Å². The summed E-state index contributed by atoms with van der Waals surface area (Å²) in [5, 5.41) is 15.5. The van der Waals surface area contributed by atoms with E-state index in [0.717, 1.165) is 34.3 Å². The molecule has 0 radical (unpaired) electrons. The van der Waals surface area contributed by atoms with Crippen molar-refractivity contribution in [3.8, 4) is 17.0 Å². The van der Waals surface area contributed by atoms with Gasteiger partial charge in [0.15, 0.2) is 5.16 Å². The fraction of sp³-hybridized carbons (Fsp3) is 0.296. The molecule has 216 valence electrons. The highest BCUT2D eigenvalue weighted by Gasteiger charge is 2.45. The average Bonchev–Trinajstić information content (AvgIpc) is 3.61. The molecule has 1 aliphatic rings. The fourth-order valence-electron chi connectivity index (χ4n) is 4.05. The van der Waals surface area contributed by atoms with E-state index >= 15 is 0 Å². The molecular weight excluding hydrogens is 593 g/mol. The minimum atomic E-state index is -1.50. The summed E-state index contributed by atoms with van der Waals surface area (Å²) in [4.78, 5) is 21.5. The van der Waals surface area contributed by atoms with Gasteiger partial charge in [-0.05, 0) is 48.9 Å². The maximum absolute atomic E-state index is 8.36. The molecule has 0 spiro atoms. The van der Waals surface area contributed by atoms with Crippen molar-refractivity contribution < 1.29 is 24.5 Å². The summed E-state index contributed by atoms with van der Waals surface area (Å²) in [7, 11) is 0. The van der Waals surface area contributed by atoms with Gasteiger partial charge in [0.05, 0.1) is 30.2 Å². The molecule has 0 aliphatic carbocycles. The number of benzene rings is 2. The summed E-state index contributed by atoms with van der Waals surface area (Å²) in [5.74, 6) is 0.649. The van der Waals surface area contributed by atoms with Crippen LogP contribution in [0.2, 0.25) is 10.0 Å². The molecule has 2 aromatic carbocycles. The Balaban J connectivity index is 0.000000909. The molecule has 1 fully saturated rings. The smallest absolute Gasteiger partial charge is 0.291 e. The molecular formula is C27H27Cl2N5O6S. The number of ether oxygens (including phenoxy) is 3. The van der Waals surface area contributed by atoms with E-state index in [9.17, 15) is 0 Å². The molecule has 0 saturated carbocycles. The highest BCUT2D eigenvalue weighted by molar-refractivity contribution is 7.99. The lowest BCUT2D eigenvalue weighted by Crippen LogP contribution is -2.34. The number of rotatable bonds is 10. The Labute approximate surface area is 250 Å². The largest absolute Gasteiger partial charge is 0.491 e. The molecule has 14 heteroatoms. The van der Waals surface area contributed by atoms with Gasteiger partial charge in [0.2, 0.25) is 5.79 Å². The molecule has 3 heterocycles. The average molecular weight is 621 g/mol. The van der Waals surface area contributed by atoms with Crippen LogP contribution in [0.5, 0.6) is 5.75 Å². The van der Waals surface area contributed by atoms with Crippen LogP contribution in [0, 0.1) is 10.1 Å². The van der Waals surface area contributed by atoms with Gasteiger partial charge < -0.3 is 24.0 Å². The van der Waals surface area contributed by atoms with Crippen molar-refractivity contribution in [3.05, 3.63) is 99.2 Å². The molecule has 1 saturated heterocycles. The number of hydrogen-bond acceptors (Lipinski definition) is 9. The zero-order valence-electron chi connectivity index (χ0n) is 21.9. The molecule has 0 bridgehead atoms. The van der Waals surface area contributed by atoms with Crippen LogP contribution in [0.25, 0.3) is 11.3 Å². The molecule has 1 aliphatic heterocycles. The molecule has 5 rings (SSSR count). The van der Waals surface area contributed by atoms with Gasteiger partial charge in [-0.15, -0.1) is 10.1 Å². The molecule has 2 unspecified atom stereocenters. The second-order valence-electron chi connectivity index (χ2n) is 8.81. The Hall–Kier alpha value is -3.42. The van der Waals surface area contributed by atoms with E-state index in [-0.39, 0.29) is 6.10 Å². The van der Waals surface area contributed by atoms with Gasteiger partial charge in [-0.2, -0.15) is 0 Å².